The normalized spacial score (nSPS) is 14.0. The fourth-order valence-corrected chi connectivity index (χ4v) is 5.40. The minimum atomic E-state index is -0.419. The summed E-state index contributed by atoms with van der Waals surface area (Å²) in [5, 5.41) is 3.53. The molecule has 0 bridgehead atoms. The zero-order valence-corrected chi connectivity index (χ0v) is 21.2. The molecule has 1 aromatic heterocycles. The number of nitrogens with zero attached hydrogens (tertiary/aromatic N) is 2. The van der Waals surface area contributed by atoms with E-state index in [2.05, 4.69) is 21.2 Å². The number of hydrogen-bond acceptors (Lipinski definition) is 7. The molecule has 1 fully saturated rings. The van der Waals surface area contributed by atoms with Gasteiger partial charge in [-0.15, -0.1) is 11.3 Å². The second-order valence-electron chi connectivity index (χ2n) is 8.34. The third-order valence-electron chi connectivity index (χ3n) is 6.04. The summed E-state index contributed by atoms with van der Waals surface area (Å²) in [7, 11) is 1.67. The molecular weight excluding hydrogens is 462 g/mol. The van der Waals surface area contributed by atoms with Crippen molar-refractivity contribution in [3.63, 3.8) is 0 Å². The molecule has 7 nitrogen and oxygen atoms in total. The van der Waals surface area contributed by atoms with E-state index >= 15 is 0 Å². The average molecular weight is 494 g/mol. The van der Waals surface area contributed by atoms with Gasteiger partial charge in [0.2, 0.25) is 5.91 Å². The van der Waals surface area contributed by atoms with Crippen LogP contribution < -0.4 is 15.0 Å². The van der Waals surface area contributed by atoms with E-state index < -0.39 is 5.97 Å². The molecule has 4 rings (SSSR count). The Labute approximate surface area is 210 Å². The van der Waals surface area contributed by atoms with Crippen molar-refractivity contribution in [3.8, 4) is 16.9 Å². The van der Waals surface area contributed by atoms with Crippen molar-refractivity contribution in [2.75, 3.05) is 56.7 Å². The van der Waals surface area contributed by atoms with Gasteiger partial charge < -0.3 is 19.7 Å². The molecule has 1 aliphatic heterocycles. The van der Waals surface area contributed by atoms with Crippen LogP contribution in [0.1, 0.15) is 22.2 Å². The van der Waals surface area contributed by atoms with Crippen LogP contribution in [0.4, 0.5) is 10.7 Å². The number of methoxy groups -OCH3 is 1. The highest BCUT2D eigenvalue weighted by Crippen LogP contribution is 2.40. The number of carbonyl (C=O) groups is 2. The van der Waals surface area contributed by atoms with Gasteiger partial charge >= 0.3 is 5.97 Å². The number of benzene rings is 2. The summed E-state index contributed by atoms with van der Waals surface area (Å²) in [4.78, 5) is 31.2. The van der Waals surface area contributed by atoms with E-state index in [1.54, 1.807) is 14.0 Å². The van der Waals surface area contributed by atoms with Gasteiger partial charge in [0.1, 0.15) is 16.3 Å². The molecule has 35 heavy (non-hydrogen) atoms. The Kier molecular flexibility index (Phi) is 8.05. The third kappa shape index (κ3) is 5.83. The van der Waals surface area contributed by atoms with Crippen molar-refractivity contribution >= 4 is 33.9 Å². The SMILES string of the molecule is CCOC(=O)c1c(NC(=O)CN2CCN(c3cccc(OC)c3)CC2)sc(C)c1-c1ccccc1. The first-order valence-electron chi connectivity index (χ1n) is 11.8. The zero-order chi connectivity index (χ0) is 24.8. The summed E-state index contributed by atoms with van der Waals surface area (Å²) in [5.74, 6) is 0.284. The molecule has 1 N–H and O–H groups in total. The van der Waals surface area contributed by atoms with Gasteiger partial charge in [-0.05, 0) is 31.5 Å². The van der Waals surface area contributed by atoms with E-state index in [0.717, 1.165) is 53.6 Å². The number of rotatable bonds is 8. The lowest BCUT2D eigenvalue weighted by atomic mass is 10.0. The maximum absolute atomic E-state index is 13.0. The van der Waals surface area contributed by atoms with E-state index in [-0.39, 0.29) is 19.1 Å². The summed E-state index contributed by atoms with van der Waals surface area (Å²) in [6, 6.07) is 17.8. The van der Waals surface area contributed by atoms with Crippen LogP contribution in [-0.2, 0) is 9.53 Å². The zero-order valence-electron chi connectivity index (χ0n) is 20.4. The van der Waals surface area contributed by atoms with Crippen molar-refractivity contribution in [2.24, 2.45) is 0 Å². The van der Waals surface area contributed by atoms with E-state index in [1.807, 2.05) is 55.5 Å². The maximum atomic E-state index is 13.0. The number of carbonyl (C=O) groups excluding carboxylic acids is 2. The summed E-state index contributed by atoms with van der Waals surface area (Å²) < 4.78 is 10.7. The number of ether oxygens (including phenoxy) is 2. The van der Waals surface area contributed by atoms with Crippen molar-refractivity contribution < 1.29 is 19.1 Å². The highest BCUT2D eigenvalue weighted by Gasteiger charge is 2.26. The van der Waals surface area contributed by atoms with Crippen LogP contribution in [0.25, 0.3) is 11.1 Å². The predicted molar refractivity (Wildman–Crippen MR) is 141 cm³/mol. The molecule has 1 amide bonds. The number of aryl methyl sites for hydroxylation is 1. The first-order valence-corrected chi connectivity index (χ1v) is 12.6. The average Bonchev–Trinajstić information content (AvgIpc) is 3.20. The number of nitrogens with one attached hydrogen (secondary N) is 1. The molecule has 0 atom stereocenters. The van der Waals surface area contributed by atoms with Crippen molar-refractivity contribution in [1.82, 2.24) is 4.90 Å². The summed E-state index contributed by atoms with van der Waals surface area (Å²) in [6.45, 7) is 7.47. The lowest BCUT2D eigenvalue weighted by molar-refractivity contribution is -0.117. The molecular formula is C27H31N3O4S. The van der Waals surface area contributed by atoms with Crippen LogP contribution in [-0.4, -0.2) is 63.2 Å². The first kappa shape index (κ1) is 24.8. The van der Waals surface area contributed by atoms with Crippen LogP contribution >= 0.6 is 11.3 Å². The number of thiophene rings is 1. The van der Waals surface area contributed by atoms with Gasteiger partial charge in [0.15, 0.2) is 0 Å². The number of anilines is 2. The van der Waals surface area contributed by atoms with E-state index in [9.17, 15) is 9.59 Å². The second-order valence-corrected chi connectivity index (χ2v) is 9.56. The monoisotopic (exact) mass is 493 g/mol. The molecule has 0 spiro atoms. The molecule has 2 heterocycles. The van der Waals surface area contributed by atoms with Crippen LogP contribution in [0.5, 0.6) is 5.75 Å². The van der Waals surface area contributed by atoms with Crippen LogP contribution in [0.3, 0.4) is 0 Å². The van der Waals surface area contributed by atoms with Gasteiger partial charge in [-0.2, -0.15) is 0 Å². The van der Waals surface area contributed by atoms with E-state index in [4.69, 9.17) is 9.47 Å². The maximum Gasteiger partial charge on any atom is 0.341 e. The quantitative estimate of drug-likeness (QED) is 0.460. The second kappa shape index (κ2) is 11.4. The van der Waals surface area contributed by atoms with Crippen LogP contribution in [0.15, 0.2) is 54.6 Å². The molecule has 0 radical (unpaired) electrons. The van der Waals surface area contributed by atoms with E-state index in [0.29, 0.717) is 10.6 Å². The fraction of sp³-hybridized carbons (Fsp3) is 0.333. The Bertz CT molecular complexity index is 1170. The summed E-state index contributed by atoms with van der Waals surface area (Å²) >= 11 is 1.41. The Hall–Kier alpha value is -3.36. The number of hydrogen-bond donors (Lipinski definition) is 1. The van der Waals surface area contributed by atoms with Crippen molar-refractivity contribution in [3.05, 3.63) is 65.0 Å². The number of piperazine rings is 1. The molecule has 2 aromatic carbocycles. The lowest BCUT2D eigenvalue weighted by Crippen LogP contribution is -2.48. The minimum absolute atomic E-state index is 0.133. The van der Waals surface area contributed by atoms with Gasteiger partial charge in [0.25, 0.3) is 0 Å². The summed E-state index contributed by atoms with van der Waals surface area (Å²) in [6.07, 6.45) is 0. The van der Waals surface area contributed by atoms with Gasteiger partial charge in [0, 0.05) is 48.4 Å². The van der Waals surface area contributed by atoms with Crippen LogP contribution in [0.2, 0.25) is 0 Å². The molecule has 8 heteroatoms. The Balaban J connectivity index is 1.43. The molecule has 0 aliphatic carbocycles. The Morgan fingerprint density at radius 1 is 1.03 bits per heavy atom. The van der Waals surface area contributed by atoms with Gasteiger partial charge in [-0.25, -0.2) is 4.79 Å². The molecule has 0 saturated carbocycles. The Morgan fingerprint density at radius 2 is 1.77 bits per heavy atom. The number of amides is 1. The van der Waals surface area contributed by atoms with E-state index in [1.165, 1.54) is 11.3 Å². The molecule has 0 unspecified atom stereocenters. The van der Waals surface area contributed by atoms with Crippen molar-refractivity contribution in [1.29, 1.82) is 0 Å². The lowest BCUT2D eigenvalue weighted by Gasteiger charge is -2.35. The van der Waals surface area contributed by atoms with Gasteiger partial charge in [0.05, 0.1) is 20.3 Å². The largest absolute Gasteiger partial charge is 0.497 e. The van der Waals surface area contributed by atoms with Gasteiger partial charge in [-0.3, -0.25) is 9.69 Å². The third-order valence-corrected chi connectivity index (χ3v) is 7.06. The molecule has 3 aromatic rings. The fourth-order valence-electron chi connectivity index (χ4n) is 4.32. The highest BCUT2D eigenvalue weighted by molar-refractivity contribution is 7.17. The Morgan fingerprint density at radius 3 is 2.46 bits per heavy atom. The van der Waals surface area contributed by atoms with Crippen LogP contribution in [0, 0.1) is 6.92 Å². The summed E-state index contributed by atoms with van der Waals surface area (Å²) in [5.41, 5.74) is 3.29. The topological polar surface area (TPSA) is 71.1 Å². The molecule has 1 aliphatic rings. The predicted octanol–water partition coefficient (Wildman–Crippen LogP) is 4.67. The molecule has 1 saturated heterocycles. The number of esters is 1. The minimum Gasteiger partial charge on any atom is -0.497 e. The first-order chi connectivity index (χ1) is 17.0. The smallest absolute Gasteiger partial charge is 0.341 e. The highest BCUT2D eigenvalue weighted by atomic mass is 32.1. The molecule has 184 valence electrons. The van der Waals surface area contributed by atoms with Crippen molar-refractivity contribution in [2.45, 2.75) is 13.8 Å². The van der Waals surface area contributed by atoms with Gasteiger partial charge in [-0.1, -0.05) is 36.4 Å². The standard InChI is InChI=1S/C27H31N3O4S/c1-4-34-27(32)25-24(20-9-6-5-7-10-20)19(2)35-26(25)28-23(31)18-29-13-15-30(16-14-29)21-11-8-12-22(17-21)33-3/h5-12,17H,4,13-16,18H2,1-3H3,(H,28,31).